The summed E-state index contributed by atoms with van der Waals surface area (Å²) in [6, 6.07) is 19.3. The second kappa shape index (κ2) is 17.2. The number of benzene rings is 2. The Labute approximate surface area is 213 Å². The third-order valence-electron chi connectivity index (χ3n) is 4.98. The van der Waals surface area contributed by atoms with Gasteiger partial charge in [-0.1, -0.05) is 145 Å². The van der Waals surface area contributed by atoms with Crippen molar-refractivity contribution in [2.24, 2.45) is 5.41 Å². The maximum absolute atomic E-state index is 3.44. The number of fused-ring (bicyclic) bond motifs is 2. The van der Waals surface area contributed by atoms with Crippen LogP contribution in [0.2, 0.25) is 0 Å². The summed E-state index contributed by atoms with van der Waals surface area (Å²) >= 11 is 0. The largest absolute Gasteiger partial charge is 0.358 e. The van der Waals surface area contributed by atoms with E-state index in [0.29, 0.717) is 0 Å². The summed E-state index contributed by atoms with van der Waals surface area (Å²) in [5, 5.41) is 1.30. The Kier molecular flexibility index (Phi) is 17.1. The highest BCUT2D eigenvalue weighted by atomic mass is 14.7. The van der Waals surface area contributed by atoms with E-state index in [1.54, 1.807) is 0 Å². The van der Waals surface area contributed by atoms with Gasteiger partial charge in [0.25, 0.3) is 0 Å². The second-order valence-electron chi connectivity index (χ2n) is 9.25. The Bertz CT molecular complexity index is 894. The maximum atomic E-state index is 3.44. The van der Waals surface area contributed by atoms with E-state index in [1.807, 2.05) is 55.4 Å². The summed E-state index contributed by atoms with van der Waals surface area (Å²) in [5.74, 6) is 0. The van der Waals surface area contributed by atoms with E-state index < -0.39 is 0 Å². The topological polar surface area (TPSA) is 15.8 Å². The molecule has 1 aliphatic carbocycles. The van der Waals surface area contributed by atoms with Crippen molar-refractivity contribution >= 4 is 16.5 Å². The molecule has 0 fully saturated rings. The number of rotatable bonds is 0. The molecule has 4 rings (SSSR count). The minimum atomic E-state index is 0.207. The van der Waals surface area contributed by atoms with Crippen LogP contribution in [0, 0.1) is 5.41 Å². The molecule has 3 aromatic rings. The fraction of sp³-hybridized carbons (Fsp3) is 0.515. The minimum Gasteiger partial charge on any atom is -0.358 e. The van der Waals surface area contributed by atoms with Gasteiger partial charge in [0.05, 0.1) is 0 Å². The van der Waals surface area contributed by atoms with Gasteiger partial charge < -0.3 is 4.98 Å². The molecule has 0 atom stereocenters. The Morgan fingerprint density at radius 1 is 0.618 bits per heavy atom. The molecule has 0 amide bonds. The van der Waals surface area contributed by atoms with Crippen molar-refractivity contribution in [2.75, 3.05) is 0 Å². The molecule has 0 bridgehead atoms. The van der Waals surface area contributed by atoms with Gasteiger partial charge in [-0.15, -0.1) is 0 Å². The molecule has 2 aromatic carbocycles. The first-order chi connectivity index (χ1) is 16.2. The molecule has 0 saturated heterocycles. The fourth-order valence-electron chi connectivity index (χ4n) is 3.47. The summed E-state index contributed by atoms with van der Waals surface area (Å²) in [7, 11) is 0. The lowest BCUT2D eigenvalue weighted by atomic mass is 9.83. The number of hydrogen-bond donors (Lipinski definition) is 1. The minimum absolute atomic E-state index is 0.207. The number of nitrogens with one attached hydrogen (secondary N) is 1. The molecular weight excluding hydrogens is 410 g/mol. The number of para-hydroxylation sites is 1. The third kappa shape index (κ3) is 10.3. The van der Waals surface area contributed by atoms with Crippen LogP contribution in [0.3, 0.4) is 0 Å². The summed E-state index contributed by atoms with van der Waals surface area (Å²) in [5.41, 5.74) is 7.46. The smallest absolute Gasteiger partial charge is 0.0456 e. The quantitative estimate of drug-likeness (QED) is 0.340. The molecular formula is C33H55N. The van der Waals surface area contributed by atoms with Gasteiger partial charge in [-0.25, -0.2) is 0 Å². The van der Waals surface area contributed by atoms with Crippen molar-refractivity contribution in [1.29, 1.82) is 0 Å². The number of H-pyrrole nitrogens is 1. The summed E-state index contributed by atoms with van der Waals surface area (Å²) in [4.78, 5) is 3.44. The molecule has 0 unspecified atom stereocenters. The summed E-state index contributed by atoms with van der Waals surface area (Å²) in [6.07, 6.45) is 3.48. The number of aromatic nitrogens is 1. The molecule has 1 heteroatoms. The molecule has 1 heterocycles. The average molecular weight is 466 g/mol. The van der Waals surface area contributed by atoms with Crippen LogP contribution in [0.15, 0.2) is 60.7 Å². The molecule has 34 heavy (non-hydrogen) atoms. The lowest BCUT2D eigenvalue weighted by molar-refractivity contribution is 0.567. The van der Waals surface area contributed by atoms with Crippen molar-refractivity contribution in [3.63, 3.8) is 0 Å². The Morgan fingerprint density at radius 3 is 1.62 bits per heavy atom. The first kappa shape index (κ1) is 33.9. The van der Waals surface area contributed by atoms with Gasteiger partial charge in [0.1, 0.15) is 0 Å². The first-order valence-electron chi connectivity index (χ1n) is 13.5. The van der Waals surface area contributed by atoms with Gasteiger partial charge >= 0.3 is 0 Å². The predicted octanol–water partition coefficient (Wildman–Crippen LogP) is 11.2. The molecule has 0 aliphatic heterocycles. The molecule has 0 spiro atoms. The van der Waals surface area contributed by atoms with Gasteiger partial charge in [-0.05, 0) is 46.1 Å². The van der Waals surface area contributed by atoms with E-state index in [0.717, 1.165) is 6.42 Å². The maximum Gasteiger partial charge on any atom is 0.0456 e. The van der Waals surface area contributed by atoms with Crippen LogP contribution in [-0.2, 0) is 11.8 Å². The lowest BCUT2D eigenvalue weighted by Gasteiger charge is -2.21. The molecule has 1 aliphatic rings. The monoisotopic (exact) mass is 465 g/mol. The van der Waals surface area contributed by atoms with E-state index in [4.69, 9.17) is 0 Å². The zero-order valence-corrected chi connectivity index (χ0v) is 25.0. The second-order valence-corrected chi connectivity index (χ2v) is 9.25. The Morgan fingerprint density at radius 2 is 1.12 bits per heavy atom. The Hall–Kier alpha value is -2.28. The van der Waals surface area contributed by atoms with E-state index in [9.17, 15) is 0 Å². The van der Waals surface area contributed by atoms with E-state index >= 15 is 0 Å². The van der Waals surface area contributed by atoms with Gasteiger partial charge in [-0.2, -0.15) is 0 Å². The number of allylic oxidation sites excluding steroid dienone is 2. The summed E-state index contributed by atoms with van der Waals surface area (Å²) < 4.78 is 0. The molecule has 1 aromatic heterocycles. The van der Waals surface area contributed by atoms with Crippen LogP contribution in [-0.4, -0.2) is 4.98 Å². The van der Waals surface area contributed by atoms with E-state index in [-0.39, 0.29) is 10.8 Å². The van der Waals surface area contributed by atoms with E-state index in [1.165, 1.54) is 33.3 Å². The highest BCUT2D eigenvalue weighted by molar-refractivity contribution is 5.80. The van der Waals surface area contributed by atoms with Crippen molar-refractivity contribution in [2.45, 2.75) is 109 Å². The predicted molar refractivity (Wildman–Crippen MR) is 160 cm³/mol. The molecule has 0 radical (unpaired) electrons. The lowest BCUT2D eigenvalue weighted by Crippen LogP contribution is -2.10. The van der Waals surface area contributed by atoms with Crippen LogP contribution in [0.1, 0.15) is 114 Å². The van der Waals surface area contributed by atoms with Gasteiger partial charge in [0.2, 0.25) is 0 Å². The van der Waals surface area contributed by atoms with Crippen molar-refractivity contribution in [1.82, 2.24) is 4.98 Å². The van der Waals surface area contributed by atoms with Crippen molar-refractivity contribution < 1.29 is 0 Å². The molecule has 1 nitrogen and oxygen atoms in total. The van der Waals surface area contributed by atoms with Crippen LogP contribution >= 0.6 is 0 Å². The average Bonchev–Trinajstić information content (AvgIpc) is 3.49. The fourth-order valence-corrected chi connectivity index (χ4v) is 3.47. The highest BCUT2D eigenvalue weighted by Gasteiger charge is 2.23. The highest BCUT2D eigenvalue weighted by Crippen LogP contribution is 2.39. The Balaban J connectivity index is 0. The number of hydrogen-bond acceptors (Lipinski definition) is 0. The van der Waals surface area contributed by atoms with Crippen LogP contribution in [0.25, 0.3) is 16.5 Å². The van der Waals surface area contributed by atoms with Gasteiger partial charge in [-0.3, -0.25) is 0 Å². The number of aromatic amines is 1. The SMILES string of the molecule is CC.CC.CC.CC.CC(C)(C)C1=CCc2ccccc21.CC(C)(C)c1cc2ccccc2[nH]1. The normalized spacial score (nSPS) is 11.3. The first-order valence-corrected chi connectivity index (χ1v) is 13.5. The van der Waals surface area contributed by atoms with Crippen LogP contribution in [0.4, 0.5) is 0 Å². The van der Waals surface area contributed by atoms with Gasteiger partial charge in [0.15, 0.2) is 0 Å². The van der Waals surface area contributed by atoms with Crippen LogP contribution in [0.5, 0.6) is 0 Å². The van der Waals surface area contributed by atoms with Crippen molar-refractivity contribution in [3.05, 3.63) is 77.5 Å². The van der Waals surface area contributed by atoms with Crippen molar-refractivity contribution in [3.8, 4) is 0 Å². The van der Waals surface area contributed by atoms with Crippen LogP contribution < -0.4 is 0 Å². The van der Waals surface area contributed by atoms with E-state index in [2.05, 4.69) is 107 Å². The molecule has 1 N–H and O–H groups in total. The third-order valence-corrected chi connectivity index (χ3v) is 4.98. The zero-order valence-electron chi connectivity index (χ0n) is 25.0. The summed E-state index contributed by atoms with van der Waals surface area (Å²) in [6.45, 7) is 29.5. The molecule has 0 saturated carbocycles. The molecule has 192 valence electrons. The van der Waals surface area contributed by atoms with Gasteiger partial charge in [0, 0.05) is 16.6 Å². The zero-order chi connectivity index (χ0) is 26.9. The standard InChI is InChI=1S/C13H16.C12H15N.4C2H6/c1-13(2,3)12-9-8-10-6-4-5-7-11(10)12;1-12(2,3)11-8-9-6-4-5-7-10(9)13-11;4*1-2/h4-7,9H,8H2,1-3H3;4-8,13H,1-3H3;4*1-2H3.